The van der Waals surface area contributed by atoms with E-state index in [-0.39, 0.29) is 5.56 Å². The molecule has 0 saturated carbocycles. The third-order valence-electron chi connectivity index (χ3n) is 4.47. The van der Waals surface area contributed by atoms with Crippen LogP contribution in [0, 0.1) is 0 Å². The summed E-state index contributed by atoms with van der Waals surface area (Å²) in [5, 5.41) is 9.44. The number of benzene rings is 3. The van der Waals surface area contributed by atoms with Crippen LogP contribution < -0.4 is 9.47 Å². The van der Waals surface area contributed by atoms with Crippen LogP contribution in [0.2, 0.25) is 0 Å². The highest BCUT2D eigenvalue weighted by Crippen LogP contribution is 2.27. The number of hydrogen-bond donors (Lipinski definition) is 1. The van der Waals surface area contributed by atoms with Gasteiger partial charge in [0.1, 0.15) is 30.3 Å². The minimum atomic E-state index is -1.03. The Balaban J connectivity index is 1.71. The number of ether oxygens (including phenoxy) is 2. The van der Waals surface area contributed by atoms with Crippen LogP contribution in [0.3, 0.4) is 0 Å². The maximum absolute atomic E-state index is 11.5. The van der Waals surface area contributed by atoms with Gasteiger partial charge in [-0.15, -0.1) is 0 Å². The molecule has 0 unspecified atom stereocenters. The smallest absolute Gasteiger partial charge is 0.339 e. The van der Waals surface area contributed by atoms with Gasteiger partial charge in [0.05, 0.1) is 0 Å². The van der Waals surface area contributed by atoms with Crippen LogP contribution >= 0.6 is 0 Å². The number of hydrogen-bond acceptors (Lipinski definition) is 3. The number of carboxylic acid groups (broad SMARTS) is 1. The third kappa shape index (κ3) is 5.13. The van der Waals surface area contributed by atoms with Crippen LogP contribution in [-0.4, -0.2) is 11.1 Å². The number of carboxylic acids is 1. The molecule has 0 aromatic heterocycles. The van der Waals surface area contributed by atoms with E-state index in [4.69, 9.17) is 9.47 Å². The van der Waals surface area contributed by atoms with Gasteiger partial charge >= 0.3 is 5.97 Å². The molecule has 0 aliphatic heterocycles. The van der Waals surface area contributed by atoms with Crippen LogP contribution in [0.15, 0.2) is 72.8 Å². The molecule has 0 spiro atoms. The number of rotatable bonds is 8. The molecule has 0 aliphatic rings. The van der Waals surface area contributed by atoms with Gasteiger partial charge in [-0.3, -0.25) is 0 Å². The highest BCUT2D eigenvalue weighted by molar-refractivity contribution is 5.91. The summed E-state index contributed by atoms with van der Waals surface area (Å²) in [5.41, 5.74) is 3.39. The van der Waals surface area contributed by atoms with Crippen molar-refractivity contribution in [2.24, 2.45) is 0 Å². The molecule has 4 nitrogen and oxygen atoms in total. The highest BCUT2D eigenvalue weighted by Gasteiger charge is 2.13. The first-order valence-electron chi connectivity index (χ1n) is 9.28. The van der Waals surface area contributed by atoms with Crippen molar-refractivity contribution in [3.63, 3.8) is 0 Å². The molecule has 0 saturated heterocycles. The highest BCUT2D eigenvalue weighted by atomic mass is 16.5. The molecule has 3 aromatic carbocycles. The van der Waals surface area contributed by atoms with Crippen LogP contribution in [0.25, 0.3) is 0 Å². The maximum Gasteiger partial charge on any atom is 0.339 e. The van der Waals surface area contributed by atoms with Crippen molar-refractivity contribution >= 4 is 5.97 Å². The van der Waals surface area contributed by atoms with Gasteiger partial charge in [0.25, 0.3) is 0 Å². The van der Waals surface area contributed by atoms with Crippen LogP contribution in [0.4, 0.5) is 0 Å². The Morgan fingerprint density at radius 2 is 1.50 bits per heavy atom. The van der Waals surface area contributed by atoms with Gasteiger partial charge in [0.15, 0.2) is 0 Å². The Morgan fingerprint density at radius 3 is 2.14 bits per heavy atom. The van der Waals surface area contributed by atoms with Crippen molar-refractivity contribution in [1.82, 2.24) is 0 Å². The zero-order chi connectivity index (χ0) is 19.9. The van der Waals surface area contributed by atoms with Crippen molar-refractivity contribution in [2.45, 2.75) is 33.0 Å². The fourth-order valence-corrected chi connectivity index (χ4v) is 2.79. The molecule has 0 heterocycles. The molecule has 3 aromatic rings. The molecule has 0 atom stereocenters. The Bertz CT molecular complexity index is 915. The fraction of sp³-hybridized carbons (Fsp3) is 0.208. The van der Waals surface area contributed by atoms with Gasteiger partial charge in [0, 0.05) is 6.07 Å². The van der Waals surface area contributed by atoms with E-state index in [0.717, 1.165) is 11.1 Å². The topological polar surface area (TPSA) is 55.8 Å². The normalized spacial score (nSPS) is 10.7. The van der Waals surface area contributed by atoms with Crippen molar-refractivity contribution in [2.75, 3.05) is 0 Å². The lowest BCUT2D eigenvalue weighted by Crippen LogP contribution is -2.04. The van der Waals surface area contributed by atoms with Crippen LogP contribution in [-0.2, 0) is 13.2 Å². The lowest BCUT2D eigenvalue weighted by molar-refractivity contribution is 0.0691. The number of aromatic carboxylic acids is 1. The Labute approximate surface area is 165 Å². The number of carbonyl (C=O) groups is 1. The predicted octanol–water partition coefficient (Wildman–Crippen LogP) is 5.67. The molecule has 4 heteroatoms. The molecule has 0 bridgehead atoms. The van der Waals surface area contributed by atoms with E-state index in [1.165, 1.54) is 11.6 Å². The molecule has 3 rings (SSSR count). The Morgan fingerprint density at radius 1 is 0.857 bits per heavy atom. The van der Waals surface area contributed by atoms with Crippen molar-refractivity contribution in [1.29, 1.82) is 0 Å². The molecular weight excluding hydrogens is 352 g/mol. The summed E-state index contributed by atoms with van der Waals surface area (Å²) in [6, 6.07) is 22.7. The molecule has 28 heavy (non-hydrogen) atoms. The fourth-order valence-electron chi connectivity index (χ4n) is 2.79. The first-order valence-corrected chi connectivity index (χ1v) is 9.28. The van der Waals surface area contributed by atoms with E-state index in [1.807, 2.05) is 42.5 Å². The summed E-state index contributed by atoms with van der Waals surface area (Å²) in [6.45, 7) is 4.99. The first-order chi connectivity index (χ1) is 13.5. The van der Waals surface area contributed by atoms with Crippen molar-refractivity contribution < 1.29 is 19.4 Å². The van der Waals surface area contributed by atoms with Crippen LogP contribution in [0.5, 0.6) is 11.5 Å². The average Bonchev–Trinajstić information content (AvgIpc) is 2.71. The third-order valence-corrected chi connectivity index (χ3v) is 4.47. The molecule has 0 aliphatic carbocycles. The molecule has 144 valence electrons. The van der Waals surface area contributed by atoms with Gasteiger partial charge < -0.3 is 14.6 Å². The van der Waals surface area contributed by atoms with Gasteiger partial charge in [-0.1, -0.05) is 68.4 Å². The summed E-state index contributed by atoms with van der Waals surface area (Å²) >= 11 is 0. The van der Waals surface area contributed by atoms with E-state index in [0.29, 0.717) is 30.6 Å². The monoisotopic (exact) mass is 376 g/mol. The Hall–Kier alpha value is -3.27. The standard InChI is InChI=1S/C24H24O4/c1-17(2)20-10-8-19(9-11-20)16-28-23-14-21(12-13-22(23)24(25)26)27-15-18-6-4-3-5-7-18/h3-14,17H,15-16H2,1-2H3,(H,25,26). The second-order valence-electron chi connectivity index (χ2n) is 6.92. The quantitative estimate of drug-likeness (QED) is 0.551. The first kappa shape index (κ1) is 19.5. The van der Waals surface area contributed by atoms with Gasteiger partial charge in [-0.2, -0.15) is 0 Å². The predicted molar refractivity (Wildman–Crippen MR) is 109 cm³/mol. The largest absolute Gasteiger partial charge is 0.489 e. The van der Waals surface area contributed by atoms with Crippen molar-refractivity contribution in [3.8, 4) is 11.5 Å². The zero-order valence-electron chi connectivity index (χ0n) is 16.1. The lowest BCUT2D eigenvalue weighted by Gasteiger charge is -2.13. The lowest BCUT2D eigenvalue weighted by atomic mass is 10.0. The summed E-state index contributed by atoms with van der Waals surface area (Å²) in [6.07, 6.45) is 0. The zero-order valence-corrected chi connectivity index (χ0v) is 16.1. The van der Waals surface area contributed by atoms with E-state index < -0.39 is 5.97 Å². The second kappa shape index (κ2) is 9.09. The van der Waals surface area contributed by atoms with Gasteiger partial charge in [0.2, 0.25) is 0 Å². The SMILES string of the molecule is CC(C)c1ccc(COc2cc(OCc3ccccc3)ccc2C(=O)O)cc1. The minimum Gasteiger partial charge on any atom is -0.489 e. The van der Waals surface area contributed by atoms with Gasteiger partial charge in [-0.05, 0) is 34.7 Å². The van der Waals surface area contributed by atoms with E-state index in [2.05, 4.69) is 26.0 Å². The summed E-state index contributed by atoms with van der Waals surface area (Å²) in [4.78, 5) is 11.5. The second-order valence-corrected chi connectivity index (χ2v) is 6.92. The molecule has 1 N–H and O–H groups in total. The summed E-state index contributed by atoms with van der Waals surface area (Å²) in [5.74, 6) is 0.303. The van der Waals surface area contributed by atoms with Crippen LogP contribution in [0.1, 0.15) is 46.8 Å². The van der Waals surface area contributed by atoms with E-state index >= 15 is 0 Å². The van der Waals surface area contributed by atoms with E-state index in [1.54, 1.807) is 12.1 Å². The molecular formula is C24H24O4. The molecule has 0 radical (unpaired) electrons. The van der Waals surface area contributed by atoms with E-state index in [9.17, 15) is 9.90 Å². The summed E-state index contributed by atoms with van der Waals surface area (Å²) in [7, 11) is 0. The molecule has 0 amide bonds. The minimum absolute atomic E-state index is 0.117. The van der Waals surface area contributed by atoms with Crippen molar-refractivity contribution in [3.05, 3.63) is 95.1 Å². The summed E-state index contributed by atoms with van der Waals surface area (Å²) < 4.78 is 11.6. The van der Waals surface area contributed by atoms with Gasteiger partial charge in [-0.25, -0.2) is 4.79 Å². The Kier molecular flexibility index (Phi) is 6.33. The average molecular weight is 376 g/mol. The molecule has 0 fully saturated rings. The maximum atomic E-state index is 11.5.